The highest BCUT2D eigenvalue weighted by Crippen LogP contribution is 2.49. The molecule has 5 heteroatoms. The van der Waals surface area contributed by atoms with E-state index in [0.717, 1.165) is 55.6 Å². The van der Waals surface area contributed by atoms with Crippen LogP contribution in [0.4, 0.5) is 5.69 Å². The Hall–Kier alpha value is -0.810. The lowest BCUT2D eigenvalue weighted by Crippen LogP contribution is -2.49. The molecule has 4 rings (SSSR count). The molecule has 0 amide bonds. The number of piperazine rings is 1. The van der Waals surface area contributed by atoms with Crippen molar-refractivity contribution in [1.82, 2.24) is 4.90 Å². The van der Waals surface area contributed by atoms with E-state index >= 15 is 0 Å². The third-order valence-corrected chi connectivity index (χ3v) is 7.42. The van der Waals surface area contributed by atoms with Crippen LogP contribution in [0.1, 0.15) is 37.7 Å². The van der Waals surface area contributed by atoms with E-state index in [1.54, 1.807) is 0 Å². The van der Waals surface area contributed by atoms with Gasteiger partial charge in [0.05, 0.1) is 12.7 Å². The van der Waals surface area contributed by atoms with Crippen LogP contribution in [-0.4, -0.2) is 62.0 Å². The van der Waals surface area contributed by atoms with E-state index in [1.165, 1.54) is 43.4 Å². The third kappa shape index (κ3) is 5.02. The molecule has 1 saturated heterocycles. The number of aliphatic hydroxyl groups excluding tert-OH is 1. The fourth-order valence-electron chi connectivity index (χ4n) is 5.63. The first-order valence-electron chi connectivity index (χ1n) is 11.1. The predicted octanol–water partition coefficient (Wildman–Crippen LogP) is 3.97. The van der Waals surface area contributed by atoms with Crippen LogP contribution < -0.4 is 4.90 Å². The van der Waals surface area contributed by atoms with Crippen LogP contribution in [0.5, 0.6) is 0 Å². The molecule has 0 radical (unpaired) electrons. The summed E-state index contributed by atoms with van der Waals surface area (Å²) in [6.07, 6.45) is 6.59. The SMILES string of the molecule is Cc1ccc(Cl)cc1N1CCN(C[C@@H](O)COCC[C@H]2C[C@@H]3CC[C@@H]2C3)CC1. The smallest absolute Gasteiger partial charge is 0.0900 e. The van der Waals surface area contributed by atoms with Gasteiger partial charge in [-0.3, -0.25) is 4.90 Å². The molecule has 3 fully saturated rings. The van der Waals surface area contributed by atoms with Gasteiger partial charge in [0.25, 0.3) is 0 Å². The van der Waals surface area contributed by atoms with Crippen molar-refractivity contribution in [2.75, 3.05) is 50.8 Å². The summed E-state index contributed by atoms with van der Waals surface area (Å²) in [5.74, 6) is 2.87. The number of β-amino-alcohol motifs (C(OH)–C–C–N with tert-alkyl or cyclic N) is 1. The number of fused-ring (bicyclic) bond motifs is 2. The molecule has 1 aliphatic heterocycles. The number of halogens is 1. The molecule has 1 N–H and O–H groups in total. The first-order chi connectivity index (χ1) is 13.6. The molecule has 4 atom stereocenters. The van der Waals surface area contributed by atoms with Crippen LogP contribution in [0.3, 0.4) is 0 Å². The number of hydrogen-bond acceptors (Lipinski definition) is 4. The standard InChI is InChI=1S/C23H35ClN2O2/c1-17-2-5-21(24)14-23(17)26-9-7-25(8-10-26)15-22(27)16-28-11-6-20-13-18-3-4-19(20)12-18/h2,5,14,18-20,22,27H,3-4,6-13,15-16H2,1H3/t18-,19-,20+,22-/m1/s1. The molecule has 0 spiro atoms. The van der Waals surface area contributed by atoms with E-state index in [1.807, 2.05) is 6.07 Å². The van der Waals surface area contributed by atoms with E-state index in [9.17, 15) is 5.11 Å². The molecule has 3 aliphatic rings. The molecular weight excluding hydrogens is 372 g/mol. The lowest BCUT2D eigenvalue weighted by Gasteiger charge is -2.37. The van der Waals surface area contributed by atoms with Gasteiger partial charge in [-0.25, -0.2) is 0 Å². The number of aryl methyl sites for hydroxylation is 1. The average molecular weight is 407 g/mol. The Balaban J connectivity index is 1.12. The Bertz CT molecular complexity index is 647. The number of aliphatic hydroxyl groups is 1. The predicted molar refractivity (Wildman–Crippen MR) is 115 cm³/mol. The minimum absolute atomic E-state index is 0.389. The Kier molecular flexibility index (Phi) is 6.82. The summed E-state index contributed by atoms with van der Waals surface area (Å²) in [4.78, 5) is 4.75. The van der Waals surface area contributed by atoms with Gasteiger partial charge in [0, 0.05) is 50.0 Å². The third-order valence-electron chi connectivity index (χ3n) is 7.18. The van der Waals surface area contributed by atoms with Gasteiger partial charge < -0.3 is 14.7 Å². The van der Waals surface area contributed by atoms with Crippen molar-refractivity contribution in [3.05, 3.63) is 28.8 Å². The molecule has 4 nitrogen and oxygen atoms in total. The topological polar surface area (TPSA) is 35.9 Å². The van der Waals surface area contributed by atoms with Crippen molar-refractivity contribution >= 4 is 17.3 Å². The number of ether oxygens (including phenoxy) is 1. The zero-order valence-corrected chi connectivity index (χ0v) is 17.9. The fraction of sp³-hybridized carbons (Fsp3) is 0.739. The molecule has 156 valence electrons. The Morgan fingerprint density at radius 3 is 2.71 bits per heavy atom. The van der Waals surface area contributed by atoms with Crippen LogP contribution in [-0.2, 0) is 4.74 Å². The fourth-order valence-corrected chi connectivity index (χ4v) is 5.80. The summed E-state index contributed by atoms with van der Waals surface area (Å²) >= 11 is 6.17. The molecule has 2 aliphatic carbocycles. The van der Waals surface area contributed by atoms with Gasteiger partial charge in [0.15, 0.2) is 0 Å². The van der Waals surface area contributed by atoms with E-state index in [0.29, 0.717) is 13.2 Å². The summed E-state index contributed by atoms with van der Waals surface area (Å²) in [6.45, 7) is 7.99. The zero-order chi connectivity index (χ0) is 19.5. The summed E-state index contributed by atoms with van der Waals surface area (Å²) < 4.78 is 5.82. The van der Waals surface area contributed by atoms with Gasteiger partial charge in [0.2, 0.25) is 0 Å². The van der Waals surface area contributed by atoms with Crippen LogP contribution in [0.2, 0.25) is 5.02 Å². The van der Waals surface area contributed by atoms with Gasteiger partial charge in [-0.05, 0) is 68.1 Å². The normalized spacial score (nSPS) is 28.8. The molecule has 1 aromatic rings. The van der Waals surface area contributed by atoms with Crippen molar-refractivity contribution in [3.63, 3.8) is 0 Å². The lowest BCUT2D eigenvalue weighted by atomic mass is 9.87. The number of hydrogen-bond donors (Lipinski definition) is 1. The van der Waals surface area contributed by atoms with Gasteiger partial charge in [-0.15, -0.1) is 0 Å². The van der Waals surface area contributed by atoms with Crippen molar-refractivity contribution < 1.29 is 9.84 Å². The molecule has 2 bridgehead atoms. The monoisotopic (exact) mass is 406 g/mol. The van der Waals surface area contributed by atoms with Crippen LogP contribution in [0, 0.1) is 24.7 Å². The molecule has 2 saturated carbocycles. The average Bonchev–Trinajstić information content (AvgIpc) is 3.31. The minimum Gasteiger partial charge on any atom is -0.389 e. The van der Waals surface area contributed by atoms with E-state index < -0.39 is 0 Å². The number of benzene rings is 1. The minimum atomic E-state index is -0.389. The largest absolute Gasteiger partial charge is 0.389 e. The summed E-state index contributed by atoms with van der Waals surface area (Å²) in [7, 11) is 0. The maximum atomic E-state index is 10.4. The molecule has 0 unspecified atom stereocenters. The van der Waals surface area contributed by atoms with E-state index in [4.69, 9.17) is 16.3 Å². The van der Waals surface area contributed by atoms with Crippen molar-refractivity contribution in [3.8, 4) is 0 Å². The maximum absolute atomic E-state index is 10.4. The maximum Gasteiger partial charge on any atom is 0.0900 e. The Labute approximate surface area is 174 Å². The zero-order valence-electron chi connectivity index (χ0n) is 17.2. The van der Waals surface area contributed by atoms with Crippen molar-refractivity contribution in [2.24, 2.45) is 17.8 Å². The molecule has 0 aromatic heterocycles. The van der Waals surface area contributed by atoms with Crippen LogP contribution in [0.15, 0.2) is 18.2 Å². The molecule has 1 heterocycles. The second kappa shape index (κ2) is 9.34. The summed E-state index contributed by atoms with van der Waals surface area (Å²) in [6, 6.07) is 6.09. The van der Waals surface area contributed by atoms with Gasteiger partial charge in [-0.1, -0.05) is 24.1 Å². The first kappa shape index (κ1) is 20.5. The highest BCUT2D eigenvalue weighted by molar-refractivity contribution is 6.30. The second-order valence-corrected chi connectivity index (χ2v) is 9.61. The second-order valence-electron chi connectivity index (χ2n) is 9.17. The number of anilines is 1. The molecule has 1 aromatic carbocycles. The van der Waals surface area contributed by atoms with Crippen molar-refractivity contribution in [1.29, 1.82) is 0 Å². The molecule has 28 heavy (non-hydrogen) atoms. The van der Waals surface area contributed by atoms with Crippen LogP contribution >= 0.6 is 11.6 Å². The highest BCUT2D eigenvalue weighted by atomic mass is 35.5. The number of rotatable bonds is 8. The van der Waals surface area contributed by atoms with E-state index in [2.05, 4.69) is 28.9 Å². The summed E-state index contributed by atoms with van der Waals surface area (Å²) in [5, 5.41) is 11.2. The molecular formula is C23H35ClN2O2. The highest BCUT2D eigenvalue weighted by Gasteiger charge is 2.38. The van der Waals surface area contributed by atoms with Crippen LogP contribution in [0.25, 0.3) is 0 Å². The van der Waals surface area contributed by atoms with Gasteiger partial charge >= 0.3 is 0 Å². The quantitative estimate of drug-likeness (QED) is 0.662. The summed E-state index contributed by atoms with van der Waals surface area (Å²) in [5.41, 5.74) is 2.50. The Morgan fingerprint density at radius 1 is 1.18 bits per heavy atom. The van der Waals surface area contributed by atoms with Gasteiger partial charge in [0.1, 0.15) is 0 Å². The lowest BCUT2D eigenvalue weighted by molar-refractivity contribution is 0.0100. The first-order valence-corrected chi connectivity index (χ1v) is 11.5. The van der Waals surface area contributed by atoms with E-state index in [-0.39, 0.29) is 6.10 Å². The number of nitrogens with zero attached hydrogens (tertiary/aromatic N) is 2. The van der Waals surface area contributed by atoms with Gasteiger partial charge in [-0.2, -0.15) is 0 Å². The Morgan fingerprint density at radius 2 is 2.00 bits per heavy atom. The van der Waals surface area contributed by atoms with Crippen molar-refractivity contribution in [2.45, 2.75) is 45.1 Å².